The van der Waals surface area contributed by atoms with Crippen LogP contribution >= 0.6 is 11.8 Å². The summed E-state index contributed by atoms with van der Waals surface area (Å²) in [7, 11) is 0. The SMILES string of the molecule is Cc1c(C(=O)N2CSCC2C(=O)O)cnc2ncnn12. The number of fused-ring (bicyclic) bond motifs is 1. The fourth-order valence-electron chi connectivity index (χ4n) is 2.10. The van der Waals surface area contributed by atoms with Gasteiger partial charge in [-0.15, -0.1) is 11.8 Å². The Hall–Kier alpha value is -2.16. The van der Waals surface area contributed by atoms with E-state index in [-0.39, 0.29) is 5.91 Å². The van der Waals surface area contributed by atoms with E-state index in [2.05, 4.69) is 15.1 Å². The molecule has 0 saturated carbocycles. The van der Waals surface area contributed by atoms with Gasteiger partial charge in [-0.2, -0.15) is 10.1 Å². The molecule has 20 heavy (non-hydrogen) atoms. The van der Waals surface area contributed by atoms with E-state index in [1.807, 2.05) is 0 Å². The molecule has 2 aromatic heterocycles. The number of carboxylic acid groups (broad SMARTS) is 1. The number of amides is 1. The Balaban J connectivity index is 2.00. The zero-order valence-corrected chi connectivity index (χ0v) is 11.4. The van der Waals surface area contributed by atoms with Crippen molar-refractivity contribution < 1.29 is 14.7 Å². The van der Waals surface area contributed by atoms with E-state index in [0.717, 1.165) is 0 Å². The summed E-state index contributed by atoms with van der Waals surface area (Å²) in [5.74, 6) is -0.158. The van der Waals surface area contributed by atoms with Crippen molar-refractivity contribution in [3.63, 3.8) is 0 Å². The standard InChI is InChI=1S/C11H11N5O3S/c1-6-7(2-12-11-13-4-14-16(6)11)9(17)15-5-20-3-8(15)10(18)19/h2,4,8H,3,5H2,1H3,(H,18,19). The van der Waals surface area contributed by atoms with Gasteiger partial charge in [0.25, 0.3) is 11.7 Å². The number of nitrogens with zero attached hydrogens (tertiary/aromatic N) is 5. The Kier molecular flexibility index (Phi) is 3.05. The van der Waals surface area contributed by atoms with Crippen LogP contribution in [0.5, 0.6) is 0 Å². The first-order valence-electron chi connectivity index (χ1n) is 5.86. The molecule has 1 saturated heterocycles. The second-order valence-electron chi connectivity index (χ2n) is 4.36. The lowest BCUT2D eigenvalue weighted by Gasteiger charge is -2.21. The molecule has 2 aromatic rings. The molecule has 0 aromatic carbocycles. The van der Waals surface area contributed by atoms with E-state index in [4.69, 9.17) is 5.11 Å². The number of hydrogen-bond donors (Lipinski definition) is 1. The minimum atomic E-state index is -0.990. The summed E-state index contributed by atoms with van der Waals surface area (Å²) < 4.78 is 1.46. The molecule has 3 rings (SSSR count). The van der Waals surface area contributed by atoms with E-state index >= 15 is 0 Å². The van der Waals surface area contributed by atoms with Gasteiger partial charge in [0.2, 0.25) is 0 Å². The van der Waals surface area contributed by atoms with Crippen molar-refractivity contribution in [1.82, 2.24) is 24.5 Å². The molecule has 1 aliphatic rings. The monoisotopic (exact) mass is 293 g/mol. The van der Waals surface area contributed by atoms with E-state index in [0.29, 0.717) is 28.7 Å². The number of aryl methyl sites for hydroxylation is 1. The van der Waals surface area contributed by atoms with Gasteiger partial charge in [0.05, 0.1) is 17.1 Å². The first-order chi connectivity index (χ1) is 9.59. The summed E-state index contributed by atoms with van der Waals surface area (Å²) >= 11 is 1.42. The highest BCUT2D eigenvalue weighted by Gasteiger charge is 2.35. The predicted molar refractivity (Wildman–Crippen MR) is 70.4 cm³/mol. The Morgan fingerprint density at radius 1 is 1.45 bits per heavy atom. The summed E-state index contributed by atoms with van der Waals surface area (Å²) in [5.41, 5.74) is 0.940. The van der Waals surface area contributed by atoms with Crippen LogP contribution in [0.25, 0.3) is 5.78 Å². The molecule has 0 bridgehead atoms. The van der Waals surface area contributed by atoms with Crippen LogP contribution in [-0.4, -0.2) is 59.1 Å². The molecule has 1 N–H and O–H groups in total. The van der Waals surface area contributed by atoms with Crippen LogP contribution in [0, 0.1) is 6.92 Å². The molecule has 104 valence electrons. The summed E-state index contributed by atoms with van der Waals surface area (Å²) in [6, 6.07) is -0.793. The van der Waals surface area contributed by atoms with Crippen LogP contribution in [0.1, 0.15) is 16.1 Å². The Labute approximate surface area is 117 Å². The maximum Gasteiger partial charge on any atom is 0.327 e. The van der Waals surface area contributed by atoms with Gasteiger partial charge in [-0.3, -0.25) is 4.79 Å². The Bertz CT molecular complexity index is 700. The quantitative estimate of drug-likeness (QED) is 0.833. The lowest BCUT2D eigenvalue weighted by atomic mass is 10.2. The number of hydrogen-bond acceptors (Lipinski definition) is 6. The summed E-state index contributed by atoms with van der Waals surface area (Å²) in [4.78, 5) is 33.0. The van der Waals surface area contributed by atoms with Crippen LogP contribution in [0.15, 0.2) is 12.5 Å². The fourth-order valence-corrected chi connectivity index (χ4v) is 3.25. The maximum atomic E-state index is 12.5. The molecule has 9 heteroatoms. The van der Waals surface area contributed by atoms with Crippen LogP contribution in [0.3, 0.4) is 0 Å². The zero-order chi connectivity index (χ0) is 14.3. The first kappa shape index (κ1) is 12.9. The molecular weight excluding hydrogens is 282 g/mol. The number of carbonyl (C=O) groups is 2. The van der Waals surface area contributed by atoms with Gasteiger partial charge in [0, 0.05) is 11.9 Å². The third-order valence-corrected chi connectivity index (χ3v) is 4.22. The normalized spacial score (nSPS) is 18.6. The lowest BCUT2D eigenvalue weighted by molar-refractivity contribution is -0.140. The van der Waals surface area contributed by atoms with Gasteiger partial charge in [0.15, 0.2) is 0 Å². The fraction of sp³-hybridized carbons (Fsp3) is 0.364. The molecule has 3 heterocycles. The molecular formula is C11H11N5O3S. The summed E-state index contributed by atoms with van der Waals surface area (Å²) in [6.45, 7) is 1.73. The number of thioether (sulfide) groups is 1. The number of carbonyl (C=O) groups excluding carboxylic acids is 1. The van der Waals surface area contributed by atoms with E-state index in [1.54, 1.807) is 6.92 Å². The van der Waals surface area contributed by atoms with Gasteiger partial charge in [-0.1, -0.05) is 0 Å². The molecule has 8 nitrogen and oxygen atoms in total. The number of carboxylic acids is 1. The van der Waals surface area contributed by atoms with Gasteiger partial charge >= 0.3 is 5.97 Å². The largest absolute Gasteiger partial charge is 0.480 e. The minimum Gasteiger partial charge on any atom is -0.480 e. The van der Waals surface area contributed by atoms with Gasteiger partial charge in [-0.05, 0) is 6.92 Å². The Morgan fingerprint density at radius 3 is 3.00 bits per heavy atom. The molecule has 0 radical (unpaired) electrons. The first-order valence-corrected chi connectivity index (χ1v) is 7.02. The average molecular weight is 293 g/mol. The molecule has 1 amide bonds. The van der Waals surface area contributed by atoms with Crippen LogP contribution in [0.4, 0.5) is 0 Å². The average Bonchev–Trinajstić information content (AvgIpc) is 3.07. The topological polar surface area (TPSA) is 101 Å². The van der Waals surface area contributed by atoms with Crippen molar-refractivity contribution in [1.29, 1.82) is 0 Å². The highest BCUT2D eigenvalue weighted by molar-refractivity contribution is 7.99. The van der Waals surface area contributed by atoms with Gasteiger partial charge in [0.1, 0.15) is 12.4 Å². The highest BCUT2D eigenvalue weighted by atomic mass is 32.2. The lowest BCUT2D eigenvalue weighted by Crippen LogP contribution is -2.42. The summed E-state index contributed by atoms with van der Waals surface area (Å²) in [6.07, 6.45) is 2.78. The maximum absolute atomic E-state index is 12.5. The molecule has 1 atom stereocenters. The highest BCUT2D eigenvalue weighted by Crippen LogP contribution is 2.24. The molecule has 1 unspecified atom stereocenters. The van der Waals surface area contributed by atoms with Crippen LogP contribution in [-0.2, 0) is 4.79 Å². The van der Waals surface area contributed by atoms with Crippen LogP contribution in [0.2, 0.25) is 0 Å². The second kappa shape index (κ2) is 4.75. The minimum absolute atomic E-state index is 0.343. The zero-order valence-electron chi connectivity index (χ0n) is 10.6. The van der Waals surface area contributed by atoms with E-state index < -0.39 is 12.0 Å². The van der Waals surface area contributed by atoms with Gasteiger partial charge < -0.3 is 10.0 Å². The molecule has 0 aliphatic carbocycles. The number of aliphatic carboxylic acids is 1. The molecule has 0 spiro atoms. The third kappa shape index (κ3) is 1.90. The number of rotatable bonds is 2. The van der Waals surface area contributed by atoms with Crippen molar-refractivity contribution in [2.75, 3.05) is 11.6 Å². The molecule has 1 fully saturated rings. The molecule has 1 aliphatic heterocycles. The van der Waals surface area contributed by atoms with Crippen molar-refractivity contribution >= 4 is 29.4 Å². The smallest absolute Gasteiger partial charge is 0.327 e. The number of aromatic nitrogens is 4. The van der Waals surface area contributed by atoms with Crippen molar-refractivity contribution in [3.8, 4) is 0 Å². The third-order valence-electron chi connectivity index (χ3n) is 3.21. The van der Waals surface area contributed by atoms with E-state index in [9.17, 15) is 9.59 Å². The Morgan fingerprint density at radius 2 is 2.25 bits per heavy atom. The van der Waals surface area contributed by atoms with Crippen LogP contribution < -0.4 is 0 Å². The van der Waals surface area contributed by atoms with E-state index in [1.165, 1.54) is 33.7 Å². The van der Waals surface area contributed by atoms with Crippen molar-refractivity contribution in [3.05, 3.63) is 23.8 Å². The second-order valence-corrected chi connectivity index (χ2v) is 5.36. The van der Waals surface area contributed by atoms with Crippen molar-refractivity contribution in [2.45, 2.75) is 13.0 Å². The predicted octanol–water partition coefficient (Wildman–Crippen LogP) is 0.0324. The van der Waals surface area contributed by atoms with Gasteiger partial charge in [-0.25, -0.2) is 14.3 Å². The summed E-state index contributed by atoms with van der Waals surface area (Å²) in [5, 5.41) is 13.1. The van der Waals surface area contributed by atoms with Crippen molar-refractivity contribution in [2.24, 2.45) is 0 Å².